The second-order valence-electron chi connectivity index (χ2n) is 9.57. The van der Waals surface area contributed by atoms with E-state index in [1.807, 2.05) is 96.4 Å². The fourth-order valence-corrected chi connectivity index (χ4v) is 5.58. The lowest BCUT2D eigenvalue weighted by Crippen LogP contribution is -2.33. The first-order valence-corrected chi connectivity index (χ1v) is 14.3. The van der Waals surface area contributed by atoms with Gasteiger partial charge in [-0.3, -0.25) is 19.5 Å². The zero-order valence-corrected chi connectivity index (χ0v) is 23.9. The third kappa shape index (κ3) is 6.50. The number of nitro benzene ring substituents is 1. The van der Waals surface area contributed by atoms with Gasteiger partial charge in [-0.05, 0) is 47.9 Å². The maximum atomic E-state index is 13.8. The standard InChI is InChI=1S/C32H29N5O4S/c1-22(33-31(38)29(24-11-5-3-6-12-24)25-13-7-4-8-14-25)30-34-35-32(42-21-23-10-9-15-28(20-23)41-2)36(30)26-16-18-27(19-17-26)37(39)40/h3-20,22,29H,21H2,1-2H3,(H,33,38). The van der Waals surface area contributed by atoms with E-state index >= 15 is 0 Å². The summed E-state index contributed by atoms with van der Waals surface area (Å²) in [6.45, 7) is 1.85. The number of carbonyl (C=O) groups is 1. The molecule has 0 aliphatic heterocycles. The van der Waals surface area contributed by atoms with Crippen LogP contribution in [-0.2, 0) is 10.5 Å². The van der Waals surface area contributed by atoms with Crippen molar-refractivity contribution in [3.8, 4) is 11.4 Å². The summed E-state index contributed by atoms with van der Waals surface area (Å²) in [6, 6.07) is 32.7. The summed E-state index contributed by atoms with van der Waals surface area (Å²) in [5.41, 5.74) is 3.42. The number of methoxy groups -OCH3 is 1. The molecule has 1 heterocycles. The summed E-state index contributed by atoms with van der Waals surface area (Å²) in [5, 5.41) is 23.9. The lowest BCUT2D eigenvalue weighted by molar-refractivity contribution is -0.384. The van der Waals surface area contributed by atoms with Crippen molar-refractivity contribution < 1.29 is 14.5 Å². The predicted octanol–water partition coefficient (Wildman–Crippen LogP) is 6.49. The average Bonchev–Trinajstić information content (AvgIpc) is 3.45. The average molecular weight is 580 g/mol. The van der Waals surface area contributed by atoms with Crippen LogP contribution in [-0.4, -0.2) is 32.7 Å². The highest BCUT2D eigenvalue weighted by Crippen LogP contribution is 2.31. The minimum absolute atomic E-state index is 0.0196. The van der Waals surface area contributed by atoms with Crippen molar-refractivity contribution in [1.29, 1.82) is 0 Å². The van der Waals surface area contributed by atoms with Gasteiger partial charge in [0, 0.05) is 23.6 Å². The third-order valence-corrected chi connectivity index (χ3v) is 7.75. The maximum absolute atomic E-state index is 13.8. The van der Waals surface area contributed by atoms with Crippen molar-refractivity contribution >= 4 is 23.4 Å². The molecule has 5 rings (SSSR count). The fourth-order valence-electron chi connectivity index (χ4n) is 4.68. The van der Waals surface area contributed by atoms with Crippen LogP contribution in [0, 0.1) is 10.1 Å². The van der Waals surface area contributed by atoms with Crippen LogP contribution in [0.25, 0.3) is 5.69 Å². The summed E-state index contributed by atoms with van der Waals surface area (Å²) >= 11 is 1.47. The topological polar surface area (TPSA) is 112 Å². The fraction of sp³-hybridized carbons (Fsp3) is 0.156. The molecule has 0 aliphatic rings. The molecule has 4 aromatic carbocycles. The number of nitrogens with zero attached hydrogens (tertiary/aromatic N) is 4. The Balaban J connectivity index is 1.46. The molecule has 1 amide bonds. The summed E-state index contributed by atoms with van der Waals surface area (Å²) in [5.74, 6) is 1.16. The predicted molar refractivity (Wildman–Crippen MR) is 162 cm³/mol. The van der Waals surface area contributed by atoms with Crippen molar-refractivity contribution in [3.63, 3.8) is 0 Å². The molecular formula is C32H29N5O4S. The Bertz CT molecular complexity index is 1620. The third-order valence-electron chi connectivity index (χ3n) is 6.75. The van der Waals surface area contributed by atoms with Crippen molar-refractivity contribution in [2.24, 2.45) is 0 Å². The molecule has 5 aromatic rings. The lowest BCUT2D eigenvalue weighted by atomic mass is 9.90. The molecule has 0 aliphatic carbocycles. The van der Waals surface area contributed by atoms with E-state index in [0.29, 0.717) is 22.4 Å². The number of amides is 1. The van der Waals surface area contributed by atoms with Gasteiger partial charge in [-0.2, -0.15) is 0 Å². The van der Waals surface area contributed by atoms with E-state index in [1.165, 1.54) is 23.9 Å². The Morgan fingerprint density at radius 2 is 1.57 bits per heavy atom. The van der Waals surface area contributed by atoms with Crippen LogP contribution in [0.4, 0.5) is 5.69 Å². The first-order chi connectivity index (χ1) is 20.4. The van der Waals surface area contributed by atoms with Gasteiger partial charge in [0.15, 0.2) is 11.0 Å². The number of hydrogen-bond acceptors (Lipinski definition) is 7. The Hall–Kier alpha value is -4.96. The van der Waals surface area contributed by atoms with Gasteiger partial charge >= 0.3 is 0 Å². The summed E-state index contributed by atoms with van der Waals surface area (Å²) in [4.78, 5) is 24.7. The molecule has 0 radical (unpaired) electrons. The molecule has 1 atom stereocenters. The number of nitrogens with one attached hydrogen (secondary N) is 1. The molecular weight excluding hydrogens is 550 g/mol. The smallest absolute Gasteiger partial charge is 0.269 e. The van der Waals surface area contributed by atoms with Gasteiger partial charge in [-0.15, -0.1) is 10.2 Å². The molecule has 212 valence electrons. The first kappa shape index (κ1) is 28.6. The number of nitro groups is 1. The van der Waals surface area contributed by atoms with Crippen LogP contribution in [0.1, 0.15) is 41.4 Å². The summed E-state index contributed by atoms with van der Waals surface area (Å²) in [6.07, 6.45) is 0. The number of thioether (sulfide) groups is 1. The van der Waals surface area contributed by atoms with Crippen molar-refractivity contribution in [1.82, 2.24) is 20.1 Å². The van der Waals surface area contributed by atoms with Gasteiger partial charge < -0.3 is 10.1 Å². The molecule has 0 fully saturated rings. The number of ether oxygens (including phenoxy) is 1. The Morgan fingerprint density at radius 1 is 0.929 bits per heavy atom. The van der Waals surface area contributed by atoms with Gasteiger partial charge in [-0.25, -0.2) is 0 Å². The van der Waals surface area contributed by atoms with E-state index in [9.17, 15) is 14.9 Å². The SMILES string of the molecule is COc1cccc(CSc2nnc(C(C)NC(=O)C(c3ccccc3)c3ccccc3)n2-c2ccc([N+](=O)[O-])cc2)c1. The number of carbonyl (C=O) groups excluding carboxylic acids is 1. The highest BCUT2D eigenvalue weighted by molar-refractivity contribution is 7.98. The number of non-ortho nitro benzene ring substituents is 1. The van der Waals surface area contributed by atoms with E-state index in [2.05, 4.69) is 15.5 Å². The zero-order valence-electron chi connectivity index (χ0n) is 23.1. The van der Waals surface area contributed by atoms with Crippen molar-refractivity contribution in [2.75, 3.05) is 7.11 Å². The maximum Gasteiger partial charge on any atom is 0.269 e. The summed E-state index contributed by atoms with van der Waals surface area (Å²) in [7, 11) is 1.62. The Morgan fingerprint density at radius 3 is 2.17 bits per heavy atom. The molecule has 0 saturated heterocycles. The van der Waals surface area contributed by atoms with Crippen LogP contribution in [0.15, 0.2) is 114 Å². The molecule has 0 bridgehead atoms. The molecule has 1 N–H and O–H groups in total. The molecule has 0 spiro atoms. The van der Waals surface area contributed by atoms with Gasteiger partial charge in [0.1, 0.15) is 5.75 Å². The molecule has 42 heavy (non-hydrogen) atoms. The highest BCUT2D eigenvalue weighted by Gasteiger charge is 2.27. The first-order valence-electron chi connectivity index (χ1n) is 13.3. The van der Waals surface area contributed by atoms with Crippen LogP contribution in [0.2, 0.25) is 0 Å². The van der Waals surface area contributed by atoms with Crippen LogP contribution in [0.3, 0.4) is 0 Å². The zero-order chi connectivity index (χ0) is 29.5. The number of aromatic nitrogens is 3. The monoisotopic (exact) mass is 579 g/mol. The van der Waals surface area contributed by atoms with E-state index in [-0.39, 0.29) is 11.6 Å². The van der Waals surface area contributed by atoms with E-state index in [0.717, 1.165) is 22.4 Å². The highest BCUT2D eigenvalue weighted by atomic mass is 32.2. The molecule has 9 nitrogen and oxygen atoms in total. The van der Waals surface area contributed by atoms with Crippen LogP contribution >= 0.6 is 11.8 Å². The van der Waals surface area contributed by atoms with E-state index in [1.54, 1.807) is 19.2 Å². The second-order valence-corrected chi connectivity index (χ2v) is 10.5. The molecule has 1 aromatic heterocycles. The normalized spacial score (nSPS) is 11.7. The van der Waals surface area contributed by atoms with Crippen LogP contribution < -0.4 is 10.1 Å². The van der Waals surface area contributed by atoms with Gasteiger partial charge in [0.25, 0.3) is 5.69 Å². The van der Waals surface area contributed by atoms with Crippen molar-refractivity contribution in [2.45, 2.75) is 29.8 Å². The molecule has 1 unspecified atom stereocenters. The minimum atomic E-state index is -0.527. The Labute approximate surface area is 247 Å². The van der Waals surface area contributed by atoms with Crippen LogP contribution in [0.5, 0.6) is 5.75 Å². The Kier molecular flexibility index (Phi) is 8.93. The number of hydrogen-bond donors (Lipinski definition) is 1. The van der Waals surface area contributed by atoms with Crippen molar-refractivity contribution in [3.05, 3.63) is 142 Å². The van der Waals surface area contributed by atoms with Gasteiger partial charge in [-0.1, -0.05) is 84.6 Å². The van der Waals surface area contributed by atoms with E-state index in [4.69, 9.17) is 4.74 Å². The lowest BCUT2D eigenvalue weighted by Gasteiger charge is -2.21. The second kappa shape index (κ2) is 13.1. The van der Waals surface area contributed by atoms with E-state index < -0.39 is 16.9 Å². The molecule has 0 saturated carbocycles. The summed E-state index contributed by atoms with van der Waals surface area (Å²) < 4.78 is 7.18. The minimum Gasteiger partial charge on any atom is -0.497 e. The number of rotatable bonds is 11. The van der Waals surface area contributed by atoms with Gasteiger partial charge in [0.05, 0.1) is 24.0 Å². The number of benzene rings is 4. The largest absolute Gasteiger partial charge is 0.497 e. The molecule has 10 heteroatoms. The van der Waals surface area contributed by atoms with Gasteiger partial charge in [0.2, 0.25) is 5.91 Å². The quantitative estimate of drug-likeness (QED) is 0.108.